The SMILES string of the molecule is CCc1ccc2nc(NC(=O)Cc3c(C)nc4ccccc4c3C)sc2c1. The van der Waals surface area contributed by atoms with Gasteiger partial charge in [-0.25, -0.2) is 4.98 Å². The first kappa shape index (κ1) is 17.6. The van der Waals surface area contributed by atoms with Crippen LogP contribution in [0.3, 0.4) is 0 Å². The number of carbonyl (C=O) groups excluding carboxylic acids is 1. The van der Waals surface area contributed by atoms with Crippen molar-refractivity contribution in [2.24, 2.45) is 0 Å². The lowest BCUT2D eigenvalue weighted by Crippen LogP contribution is -2.16. The number of nitrogens with one attached hydrogen (secondary N) is 1. The van der Waals surface area contributed by atoms with Crippen molar-refractivity contribution >= 4 is 43.5 Å². The van der Waals surface area contributed by atoms with Crippen molar-refractivity contribution in [1.82, 2.24) is 9.97 Å². The van der Waals surface area contributed by atoms with Crippen molar-refractivity contribution in [1.29, 1.82) is 0 Å². The van der Waals surface area contributed by atoms with E-state index in [4.69, 9.17) is 0 Å². The monoisotopic (exact) mass is 375 g/mol. The molecule has 4 nitrogen and oxygen atoms in total. The van der Waals surface area contributed by atoms with Crippen LogP contribution in [-0.2, 0) is 17.6 Å². The van der Waals surface area contributed by atoms with E-state index in [1.165, 1.54) is 16.9 Å². The molecule has 5 heteroatoms. The summed E-state index contributed by atoms with van der Waals surface area (Å²) in [6, 6.07) is 14.3. The number of nitrogens with zero attached hydrogens (tertiary/aromatic N) is 2. The van der Waals surface area contributed by atoms with Crippen LogP contribution in [0.5, 0.6) is 0 Å². The molecule has 0 aliphatic heterocycles. The van der Waals surface area contributed by atoms with Gasteiger partial charge in [0.25, 0.3) is 0 Å². The lowest BCUT2D eigenvalue weighted by Gasteiger charge is -2.12. The van der Waals surface area contributed by atoms with Gasteiger partial charge in [0.1, 0.15) is 0 Å². The van der Waals surface area contributed by atoms with Crippen LogP contribution < -0.4 is 5.32 Å². The van der Waals surface area contributed by atoms with E-state index < -0.39 is 0 Å². The molecule has 2 aromatic carbocycles. The van der Waals surface area contributed by atoms with Crippen LogP contribution in [0.1, 0.15) is 29.3 Å². The van der Waals surface area contributed by atoms with Crippen LogP contribution in [0.2, 0.25) is 0 Å². The average molecular weight is 375 g/mol. The number of rotatable bonds is 4. The Morgan fingerprint density at radius 1 is 1.07 bits per heavy atom. The molecule has 1 amide bonds. The van der Waals surface area contributed by atoms with Gasteiger partial charge in [0.2, 0.25) is 5.91 Å². The van der Waals surface area contributed by atoms with Gasteiger partial charge in [-0.05, 0) is 55.2 Å². The molecular weight excluding hydrogens is 354 g/mol. The van der Waals surface area contributed by atoms with Gasteiger partial charge < -0.3 is 5.32 Å². The van der Waals surface area contributed by atoms with Crippen molar-refractivity contribution in [3.63, 3.8) is 0 Å². The molecule has 0 aliphatic carbocycles. The summed E-state index contributed by atoms with van der Waals surface area (Å²) in [5.41, 5.74) is 6.17. The molecule has 0 fully saturated rings. The van der Waals surface area contributed by atoms with Gasteiger partial charge in [0.05, 0.1) is 22.2 Å². The highest BCUT2D eigenvalue weighted by atomic mass is 32.1. The zero-order chi connectivity index (χ0) is 19.0. The minimum absolute atomic E-state index is 0.0620. The number of pyridine rings is 1. The van der Waals surface area contributed by atoms with E-state index in [1.807, 2.05) is 31.2 Å². The lowest BCUT2D eigenvalue weighted by molar-refractivity contribution is -0.115. The number of benzene rings is 2. The number of anilines is 1. The Morgan fingerprint density at radius 3 is 2.70 bits per heavy atom. The molecule has 0 bridgehead atoms. The van der Waals surface area contributed by atoms with Crippen molar-refractivity contribution < 1.29 is 4.79 Å². The molecule has 136 valence electrons. The molecule has 2 heterocycles. The number of thiazole rings is 1. The first-order valence-electron chi connectivity index (χ1n) is 9.09. The molecule has 0 radical (unpaired) electrons. The van der Waals surface area contributed by atoms with E-state index in [0.29, 0.717) is 11.6 Å². The molecular formula is C22H21N3OS. The van der Waals surface area contributed by atoms with E-state index >= 15 is 0 Å². The van der Waals surface area contributed by atoms with E-state index in [2.05, 4.69) is 47.3 Å². The second-order valence-corrected chi connectivity index (χ2v) is 7.75. The highest BCUT2D eigenvalue weighted by molar-refractivity contribution is 7.22. The fraction of sp³-hybridized carbons (Fsp3) is 0.227. The Kier molecular flexibility index (Phi) is 4.62. The van der Waals surface area contributed by atoms with Gasteiger partial charge >= 0.3 is 0 Å². The molecule has 1 N–H and O–H groups in total. The minimum atomic E-state index is -0.0620. The normalized spacial score (nSPS) is 11.2. The Balaban J connectivity index is 1.58. The number of amides is 1. The van der Waals surface area contributed by atoms with E-state index in [-0.39, 0.29) is 5.91 Å². The minimum Gasteiger partial charge on any atom is -0.302 e. The summed E-state index contributed by atoms with van der Waals surface area (Å²) in [4.78, 5) is 21.8. The molecule has 4 rings (SSSR count). The van der Waals surface area contributed by atoms with Gasteiger partial charge in [-0.3, -0.25) is 9.78 Å². The molecule has 2 aromatic heterocycles. The third-order valence-electron chi connectivity index (χ3n) is 4.93. The zero-order valence-corrected chi connectivity index (χ0v) is 16.5. The summed E-state index contributed by atoms with van der Waals surface area (Å²) >= 11 is 1.52. The third kappa shape index (κ3) is 3.43. The number of fused-ring (bicyclic) bond motifs is 2. The second kappa shape index (κ2) is 7.08. The fourth-order valence-electron chi connectivity index (χ4n) is 3.40. The predicted octanol–water partition coefficient (Wildman–Crippen LogP) is 5.20. The number of para-hydroxylation sites is 1. The van der Waals surface area contributed by atoms with E-state index in [9.17, 15) is 4.79 Å². The fourth-order valence-corrected chi connectivity index (χ4v) is 4.34. The largest absolute Gasteiger partial charge is 0.302 e. The summed E-state index contributed by atoms with van der Waals surface area (Å²) in [5.74, 6) is -0.0620. The van der Waals surface area contributed by atoms with Crippen molar-refractivity contribution in [2.75, 3.05) is 5.32 Å². The van der Waals surface area contributed by atoms with Crippen LogP contribution in [0.4, 0.5) is 5.13 Å². The predicted molar refractivity (Wildman–Crippen MR) is 113 cm³/mol. The summed E-state index contributed by atoms with van der Waals surface area (Å²) in [5, 5.41) is 4.70. The van der Waals surface area contributed by atoms with Crippen LogP contribution >= 0.6 is 11.3 Å². The van der Waals surface area contributed by atoms with Gasteiger partial charge in [-0.15, -0.1) is 0 Å². The molecule has 0 unspecified atom stereocenters. The molecule has 27 heavy (non-hydrogen) atoms. The topological polar surface area (TPSA) is 54.9 Å². The maximum atomic E-state index is 12.7. The Hall–Kier alpha value is -2.79. The van der Waals surface area contributed by atoms with Crippen LogP contribution in [0.15, 0.2) is 42.5 Å². The smallest absolute Gasteiger partial charge is 0.230 e. The van der Waals surface area contributed by atoms with Crippen LogP contribution in [-0.4, -0.2) is 15.9 Å². The molecule has 0 atom stereocenters. The van der Waals surface area contributed by atoms with Crippen molar-refractivity contribution in [3.8, 4) is 0 Å². The number of carbonyl (C=O) groups is 1. The molecule has 4 aromatic rings. The van der Waals surface area contributed by atoms with Gasteiger partial charge in [-0.2, -0.15) is 0 Å². The second-order valence-electron chi connectivity index (χ2n) is 6.72. The van der Waals surface area contributed by atoms with E-state index in [0.717, 1.165) is 44.4 Å². The zero-order valence-electron chi connectivity index (χ0n) is 15.7. The maximum absolute atomic E-state index is 12.7. The lowest BCUT2D eigenvalue weighted by atomic mass is 9.99. The molecule has 0 spiro atoms. The summed E-state index contributed by atoms with van der Waals surface area (Å²) in [7, 11) is 0. The van der Waals surface area contributed by atoms with Gasteiger partial charge in [0.15, 0.2) is 5.13 Å². The van der Waals surface area contributed by atoms with Crippen molar-refractivity contribution in [3.05, 3.63) is 64.8 Å². The Labute approximate surface area is 162 Å². The first-order chi connectivity index (χ1) is 13.0. The third-order valence-corrected chi connectivity index (χ3v) is 5.86. The van der Waals surface area contributed by atoms with Crippen LogP contribution in [0, 0.1) is 13.8 Å². The van der Waals surface area contributed by atoms with Crippen molar-refractivity contribution in [2.45, 2.75) is 33.6 Å². The standard InChI is InChI=1S/C22H21N3OS/c1-4-15-9-10-19-20(11-15)27-22(24-19)25-21(26)12-17-13(2)16-7-5-6-8-18(16)23-14(17)3/h5-11H,4,12H2,1-3H3,(H,24,25,26). The van der Waals surface area contributed by atoms with Crippen LogP contribution in [0.25, 0.3) is 21.1 Å². The maximum Gasteiger partial charge on any atom is 0.230 e. The molecule has 0 aliphatic rings. The highest BCUT2D eigenvalue weighted by Crippen LogP contribution is 2.28. The van der Waals surface area contributed by atoms with Gasteiger partial charge in [-0.1, -0.05) is 42.5 Å². The number of hydrogen-bond acceptors (Lipinski definition) is 4. The summed E-state index contributed by atoms with van der Waals surface area (Å²) < 4.78 is 1.10. The number of hydrogen-bond donors (Lipinski definition) is 1. The summed E-state index contributed by atoms with van der Waals surface area (Å²) in [6.07, 6.45) is 1.29. The molecule has 0 saturated heterocycles. The van der Waals surface area contributed by atoms with Gasteiger partial charge in [0, 0.05) is 11.1 Å². The quantitative estimate of drug-likeness (QED) is 0.533. The molecule has 0 saturated carbocycles. The number of aromatic nitrogens is 2. The Bertz CT molecular complexity index is 1160. The average Bonchev–Trinajstić information content (AvgIpc) is 3.06. The summed E-state index contributed by atoms with van der Waals surface area (Å²) in [6.45, 7) is 6.16. The first-order valence-corrected chi connectivity index (χ1v) is 9.91. The Morgan fingerprint density at radius 2 is 1.89 bits per heavy atom. The highest BCUT2D eigenvalue weighted by Gasteiger charge is 2.14. The number of aryl methyl sites for hydroxylation is 3. The van der Waals surface area contributed by atoms with E-state index in [1.54, 1.807) is 0 Å².